The summed E-state index contributed by atoms with van der Waals surface area (Å²) < 4.78 is 0. The average Bonchev–Trinajstić information content (AvgIpc) is 2.14. The molecule has 1 heteroatoms. The third-order valence-corrected chi connectivity index (χ3v) is 4.11. The molecule has 1 aliphatic rings. The molecule has 90 valence electrons. The fourth-order valence-electron chi connectivity index (χ4n) is 3.16. The van der Waals surface area contributed by atoms with E-state index in [2.05, 4.69) is 39.9 Å². The van der Waals surface area contributed by atoms with Crippen LogP contribution < -0.4 is 5.32 Å². The van der Waals surface area contributed by atoms with E-state index in [-0.39, 0.29) is 0 Å². The van der Waals surface area contributed by atoms with Crippen LogP contribution in [0.2, 0.25) is 0 Å². The molecule has 1 saturated heterocycles. The lowest BCUT2D eigenvalue weighted by Crippen LogP contribution is -2.48. The van der Waals surface area contributed by atoms with Crippen molar-refractivity contribution in [1.29, 1.82) is 0 Å². The standard InChI is InChI=1S/C14H29N/c1-6-7-8-13-11(2)12(9-10-15-13)14(3,4)5/h11-13,15H,6-10H2,1-5H3. The number of unbranched alkanes of at least 4 members (excludes halogenated alkanes) is 1. The number of hydrogen-bond donors (Lipinski definition) is 1. The number of nitrogens with one attached hydrogen (secondary N) is 1. The highest BCUT2D eigenvalue weighted by Gasteiger charge is 2.36. The summed E-state index contributed by atoms with van der Waals surface area (Å²) in [5, 5.41) is 3.71. The Morgan fingerprint density at radius 3 is 2.47 bits per heavy atom. The second kappa shape index (κ2) is 5.34. The van der Waals surface area contributed by atoms with E-state index in [0.29, 0.717) is 5.41 Å². The van der Waals surface area contributed by atoms with Gasteiger partial charge in [0.1, 0.15) is 0 Å². The molecule has 1 aliphatic heterocycles. The first-order valence-electron chi connectivity index (χ1n) is 6.70. The highest BCUT2D eigenvalue weighted by Crippen LogP contribution is 2.39. The second-order valence-corrected chi connectivity index (χ2v) is 6.32. The van der Waals surface area contributed by atoms with Gasteiger partial charge in [-0.2, -0.15) is 0 Å². The normalized spacial score (nSPS) is 33.0. The molecule has 3 unspecified atom stereocenters. The molecule has 0 aromatic rings. The first kappa shape index (κ1) is 13.0. The van der Waals surface area contributed by atoms with Gasteiger partial charge in [0.2, 0.25) is 0 Å². The zero-order valence-corrected chi connectivity index (χ0v) is 11.3. The Morgan fingerprint density at radius 1 is 1.27 bits per heavy atom. The van der Waals surface area contributed by atoms with Crippen LogP contribution >= 0.6 is 0 Å². The third kappa shape index (κ3) is 3.48. The molecule has 0 radical (unpaired) electrons. The van der Waals surface area contributed by atoms with E-state index in [1.54, 1.807) is 0 Å². The zero-order chi connectivity index (χ0) is 11.5. The Bertz CT molecular complexity index is 180. The van der Waals surface area contributed by atoms with Gasteiger partial charge in [-0.3, -0.25) is 0 Å². The molecule has 0 spiro atoms. The Morgan fingerprint density at radius 2 is 1.93 bits per heavy atom. The highest BCUT2D eigenvalue weighted by atomic mass is 14.9. The molecule has 1 nitrogen and oxygen atoms in total. The first-order chi connectivity index (χ1) is 6.96. The summed E-state index contributed by atoms with van der Waals surface area (Å²) in [4.78, 5) is 0. The molecule has 1 N–H and O–H groups in total. The molecule has 15 heavy (non-hydrogen) atoms. The van der Waals surface area contributed by atoms with Crippen LogP contribution in [0.1, 0.15) is 60.3 Å². The summed E-state index contributed by atoms with van der Waals surface area (Å²) >= 11 is 0. The molecule has 3 atom stereocenters. The lowest BCUT2D eigenvalue weighted by Gasteiger charge is -2.44. The maximum atomic E-state index is 3.71. The summed E-state index contributed by atoms with van der Waals surface area (Å²) in [6.07, 6.45) is 5.42. The van der Waals surface area contributed by atoms with Crippen molar-refractivity contribution in [1.82, 2.24) is 5.32 Å². The Labute approximate surface area is 96.0 Å². The van der Waals surface area contributed by atoms with E-state index in [4.69, 9.17) is 0 Å². The van der Waals surface area contributed by atoms with Gasteiger partial charge in [0.25, 0.3) is 0 Å². The van der Waals surface area contributed by atoms with Crippen LogP contribution in [0, 0.1) is 17.3 Å². The number of rotatable bonds is 3. The van der Waals surface area contributed by atoms with Gasteiger partial charge in [-0.1, -0.05) is 47.5 Å². The van der Waals surface area contributed by atoms with E-state index in [1.165, 1.54) is 32.2 Å². The molecule has 1 heterocycles. The van der Waals surface area contributed by atoms with E-state index >= 15 is 0 Å². The van der Waals surface area contributed by atoms with Gasteiger partial charge in [-0.25, -0.2) is 0 Å². The molecule has 0 saturated carbocycles. The van der Waals surface area contributed by atoms with Crippen LogP contribution in [0.4, 0.5) is 0 Å². The fourth-order valence-corrected chi connectivity index (χ4v) is 3.16. The summed E-state index contributed by atoms with van der Waals surface area (Å²) in [5.74, 6) is 1.73. The van der Waals surface area contributed by atoms with Gasteiger partial charge in [-0.05, 0) is 36.6 Å². The SMILES string of the molecule is CCCCC1NCCC(C(C)(C)C)C1C. The quantitative estimate of drug-likeness (QED) is 0.748. The van der Waals surface area contributed by atoms with Crippen molar-refractivity contribution in [3.8, 4) is 0 Å². The third-order valence-electron chi connectivity index (χ3n) is 4.11. The van der Waals surface area contributed by atoms with Crippen LogP contribution in [0.3, 0.4) is 0 Å². The van der Waals surface area contributed by atoms with Crippen LogP contribution in [0.25, 0.3) is 0 Å². The molecule has 1 fully saturated rings. The summed E-state index contributed by atoms with van der Waals surface area (Å²) in [6.45, 7) is 13.2. The van der Waals surface area contributed by atoms with Crippen LogP contribution in [-0.4, -0.2) is 12.6 Å². The van der Waals surface area contributed by atoms with Crippen molar-refractivity contribution in [2.24, 2.45) is 17.3 Å². The van der Waals surface area contributed by atoms with Crippen molar-refractivity contribution in [2.45, 2.75) is 66.3 Å². The summed E-state index contributed by atoms with van der Waals surface area (Å²) in [5.41, 5.74) is 0.478. The Kier molecular flexibility index (Phi) is 4.64. The van der Waals surface area contributed by atoms with Gasteiger partial charge in [-0.15, -0.1) is 0 Å². The molecule has 0 bridgehead atoms. The smallest absolute Gasteiger partial charge is 0.00955 e. The molecule has 0 aliphatic carbocycles. The second-order valence-electron chi connectivity index (χ2n) is 6.32. The topological polar surface area (TPSA) is 12.0 Å². The fraction of sp³-hybridized carbons (Fsp3) is 1.00. The van der Waals surface area contributed by atoms with Crippen LogP contribution in [0.15, 0.2) is 0 Å². The molecule has 0 aromatic carbocycles. The summed E-state index contributed by atoms with van der Waals surface area (Å²) in [7, 11) is 0. The molecule has 1 rings (SSSR count). The van der Waals surface area contributed by atoms with Crippen molar-refractivity contribution < 1.29 is 0 Å². The lowest BCUT2D eigenvalue weighted by molar-refractivity contribution is 0.0911. The summed E-state index contributed by atoms with van der Waals surface area (Å²) in [6, 6.07) is 0.767. The van der Waals surface area contributed by atoms with E-state index in [0.717, 1.165) is 17.9 Å². The van der Waals surface area contributed by atoms with Gasteiger partial charge in [0, 0.05) is 6.04 Å². The maximum absolute atomic E-state index is 3.71. The lowest BCUT2D eigenvalue weighted by atomic mass is 9.67. The minimum Gasteiger partial charge on any atom is -0.314 e. The first-order valence-corrected chi connectivity index (χ1v) is 6.70. The zero-order valence-electron chi connectivity index (χ0n) is 11.3. The maximum Gasteiger partial charge on any atom is 0.00955 e. The minimum atomic E-state index is 0.478. The minimum absolute atomic E-state index is 0.478. The Balaban J connectivity index is 2.55. The van der Waals surface area contributed by atoms with Crippen LogP contribution in [-0.2, 0) is 0 Å². The number of piperidine rings is 1. The van der Waals surface area contributed by atoms with Crippen LogP contribution in [0.5, 0.6) is 0 Å². The van der Waals surface area contributed by atoms with Crippen molar-refractivity contribution in [3.63, 3.8) is 0 Å². The molecule has 0 aromatic heterocycles. The van der Waals surface area contributed by atoms with E-state index < -0.39 is 0 Å². The van der Waals surface area contributed by atoms with Crippen molar-refractivity contribution in [2.75, 3.05) is 6.54 Å². The average molecular weight is 211 g/mol. The van der Waals surface area contributed by atoms with Gasteiger partial charge in [0.05, 0.1) is 0 Å². The molecular weight excluding hydrogens is 182 g/mol. The predicted octanol–water partition coefficient (Wildman–Crippen LogP) is 3.84. The Hall–Kier alpha value is -0.0400. The van der Waals surface area contributed by atoms with E-state index in [9.17, 15) is 0 Å². The van der Waals surface area contributed by atoms with Crippen molar-refractivity contribution in [3.05, 3.63) is 0 Å². The largest absolute Gasteiger partial charge is 0.314 e. The number of hydrogen-bond acceptors (Lipinski definition) is 1. The van der Waals surface area contributed by atoms with E-state index in [1.807, 2.05) is 0 Å². The highest BCUT2D eigenvalue weighted by molar-refractivity contribution is 4.89. The van der Waals surface area contributed by atoms with Crippen molar-refractivity contribution >= 4 is 0 Å². The molecule has 0 amide bonds. The van der Waals surface area contributed by atoms with Gasteiger partial charge in [0.15, 0.2) is 0 Å². The monoisotopic (exact) mass is 211 g/mol. The van der Waals surface area contributed by atoms with Gasteiger partial charge < -0.3 is 5.32 Å². The van der Waals surface area contributed by atoms with Gasteiger partial charge >= 0.3 is 0 Å². The molecular formula is C14H29N. The predicted molar refractivity (Wildman–Crippen MR) is 68.0 cm³/mol.